The normalized spacial score (nSPS) is 9.67. The molecule has 1 aromatic carbocycles. The van der Waals surface area contributed by atoms with Crippen molar-refractivity contribution in [3.05, 3.63) is 35.9 Å². The van der Waals surface area contributed by atoms with E-state index in [1.807, 2.05) is 6.07 Å². The fourth-order valence-electron chi connectivity index (χ4n) is 1.14. The number of benzene rings is 1. The standard InChI is InChI=1S/C11H13NO3/c1-15-8-7-12(9-13)11(14)10-5-3-2-4-6-10/h2-6,9H,7-8H2,1H3. The van der Waals surface area contributed by atoms with Crippen LogP contribution in [0.4, 0.5) is 0 Å². The molecule has 0 aliphatic carbocycles. The van der Waals surface area contributed by atoms with E-state index in [2.05, 4.69) is 0 Å². The zero-order valence-corrected chi connectivity index (χ0v) is 8.55. The highest BCUT2D eigenvalue weighted by molar-refractivity contribution is 5.99. The maximum Gasteiger partial charge on any atom is 0.260 e. The second-order valence-corrected chi connectivity index (χ2v) is 2.96. The third-order valence-electron chi connectivity index (χ3n) is 1.95. The number of amides is 2. The first-order chi connectivity index (χ1) is 7.29. The summed E-state index contributed by atoms with van der Waals surface area (Å²) in [6, 6.07) is 8.67. The van der Waals surface area contributed by atoms with Gasteiger partial charge in [-0.05, 0) is 12.1 Å². The number of nitrogens with zero attached hydrogens (tertiary/aromatic N) is 1. The van der Waals surface area contributed by atoms with Crippen LogP contribution in [0.2, 0.25) is 0 Å². The van der Waals surface area contributed by atoms with Crippen molar-refractivity contribution in [2.75, 3.05) is 20.3 Å². The van der Waals surface area contributed by atoms with E-state index in [1.165, 1.54) is 7.11 Å². The molecule has 0 aliphatic rings. The molecule has 4 heteroatoms. The number of methoxy groups -OCH3 is 1. The van der Waals surface area contributed by atoms with Crippen LogP contribution in [0, 0.1) is 0 Å². The molecule has 0 unspecified atom stereocenters. The summed E-state index contributed by atoms with van der Waals surface area (Å²) >= 11 is 0. The lowest BCUT2D eigenvalue weighted by Crippen LogP contribution is -2.32. The Kier molecular flexibility index (Phi) is 4.50. The summed E-state index contributed by atoms with van der Waals surface area (Å²) in [6.45, 7) is 0.616. The monoisotopic (exact) mass is 207 g/mol. The van der Waals surface area contributed by atoms with Crippen LogP contribution in [0.5, 0.6) is 0 Å². The fraction of sp³-hybridized carbons (Fsp3) is 0.273. The summed E-state index contributed by atoms with van der Waals surface area (Å²) in [6.07, 6.45) is 0.522. The molecule has 1 aromatic rings. The molecule has 15 heavy (non-hydrogen) atoms. The van der Waals surface area contributed by atoms with Gasteiger partial charge in [0.25, 0.3) is 5.91 Å². The summed E-state index contributed by atoms with van der Waals surface area (Å²) in [7, 11) is 1.52. The van der Waals surface area contributed by atoms with Crippen LogP contribution in [-0.2, 0) is 9.53 Å². The summed E-state index contributed by atoms with van der Waals surface area (Å²) in [4.78, 5) is 23.5. The molecule has 1 rings (SSSR count). The van der Waals surface area contributed by atoms with E-state index < -0.39 is 0 Å². The molecule has 0 N–H and O–H groups in total. The van der Waals surface area contributed by atoms with E-state index in [0.29, 0.717) is 18.6 Å². The Morgan fingerprint density at radius 1 is 1.40 bits per heavy atom. The van der Waals surface area contributed by atoms with Gasteiger partial charge in [0.15, 0.2) is 0 Å². The summed E-state index contributed by atoms with van der Waals surface area (Å²) in [5.74, 6) is -0.303. The molecule has 0 fully saturated rings. The zero-order chi connectivity index (χ0) is 11.1. The molecular weight excluding hydrogens is 194 g/mol. The summed E-state index contributed by atoms with van der Waals surface area (Å²) in [5.41, 5.74) is 0.501. The van der Waals surface area contributed by atoms with Gasteiger partial charge in [-0.3, -0.25) is 14.5 Å². The van der Waals surface area contributed by atoms with Gasteiger partial charge in [-0.15, -0.1) is 0 Å². The van der Waals surface area contributed by atoms with Crippen molar-refractivity contribution in [3.63, 3.8) is 0 Å². The van der Waals surface area contributed by atoms with Crippen LogP contribution >= 0.6 is 0 Å². The van der Waals surface area contributed by atoms with Gasteiger partial charge in [0.1, 0.15) is 0 Å². The fourth-order valence-corrected chi connectivity index (χ4v) is 1.14. The Balaban J connectivity index is 2.69. The number of hydrogen-bond acceptors (Lipinski definition) is 3. The minimum absolute atomic E-state index is 0.272. The van der Waals surface area contributed by atoms with Gasteiger partial charge in [-0.2, -0.15) is 0 Å². The third-order valence-corrected chi connectivity index (χ3v) is 1.95. The van der Waals surface area contributed by atoms with E-state index >= 15 is 0 Å². The Bertz CT molecular complexity index is 324. The van der Waals surface area contributed by atoms with Crippen molar-refractivity contribution in [1.29, 1.82) is 0 Å². The molecule has 80 valence electrons. The number of rotatable bonds is 5. The molecule has 0 heterocycles. The Morgan fingerprint density at radius 2 is 2.07 bits per heavy atom. The van der Waals surface area contributed by atoms with Gasteiger partial charge in [0, 0.05) is 12.7 Å². The average molecular weight is 207 g/mol. The molecular formula is C11H13NO3. The maximum absolute atomic E-state index is 11.7. The molecule has 0 spiro atoms. The van der Waals surface area contributed by atoms with Crippen LogP contribution < -0.4 is 0 Å². The highest BCUT2D eigenvalue weighted by atomic mass is 16.5. The molecule has 0 aromatic heterocycles. The second-order valence-electron chi connectivity index (χ2n) is 2.96. The van der Waals surface area contributed by atoms with E-state index in [-0.39, 0.29) is 12.5 Å². The van der Waals surface area contributed by atoms with Gasteiger partial charge >= 0.3 is 0 Å². The summed E-state index contributed by atoms with van der Waals surface area (Å²) < 4.78 is 4.81. The number of carbonyl (C=O) groups is 2. The molecule has 0 saturated carbocycles. The van der Waals surface area contributed by atoms with E-state index in [4.69, 9.17) is 4.74 Å². The molecule has 0 aliphatic heterocycles. The first-order valence-corrected chi connectivity index (χ1v) is 4.60. The third kappa shape index (κ3) is 3.18. The molecule has 4 nitrogen and oxygen atoms in total. The van der Waals surface area contributed by atoms with E-state index in [0.717, 1.165) is 4.90 Å². The van der Waals surface area contributed by atoms with E-state index in [1.54, 1.807) is 24.3 Å². The maximum atomic E-state index is 11.7. The minimum atomic E-state index is -0.303. The molecule has 2 amide bonds. The van der Waals surface area contributed by atoms with E-state index in [9.17, 15) is 9.59 Å². The second kappa shape index (κ2) is 5.93. The number of hydrogen-bond donors (Lipinski definition) is 0. The topological polar surface area (TPSA) is 46.6 Å². The van der Waals surface area contributed by atoms with Gasteiger partial charge < -0.3 is 4.74 Å². The minimum Gasteiger partial charge on any atom is -0.383 e. The number of ether oxygens (including phenoxy) is 1. The average Bonchev–Trinajstić information content (AvgIpc) is 2.31. The van der Waals surface area contributed by atoms with Crippen molar-refractivity contribution in [1.82, 2.24) is 4.90 Å². The first-order valence-electron chi connectivity index (χ1n) is 4.60. The lowest BCUT2D eigenvalue weighted by atomic mass is 10.2. The van der Waals surface area contributed by atoms with Crippen molar-refractivity contribution in [3.8, 4) is 0 Å². The Morgan fingerprint density at radius 3 is 2.60 bits per heavy atom. The highest BCUT2D eigenvalue weighted by Crippen LogP contribution is 2.02. The first kappa shape index (κ1) is 11.4. The van der Waals surface area contributed by atoms with Crippen molar-refractivity contribution < 1.29 is 14.3 Å². The lowest BCUT2D eigenvalue weighted by molar-refractivity contribution is -0.116. The van der Waals surface area contributed by atoms with Crippen LogP contribution in [-0.4, -0.2) is 37.5 Å². The predicted octanol–water partition coefficient (Wildman–Crippen LogP) is 0.932. The quantitative estimate of drug-likeness (QED) is 0.675. The van der Waals surface area contributed by atoms with Crippen molar-refractivity contribution in [2.45, 2.75) is 0 Å². The molecule has 0 saturated heterocycles. The predicted molar refractivity (Wildman–Crippen MR) is 55.4 cm³/mol. The Labute approximate surface area is 88.5 Å². The van der Waals surface area contributed by atoms with Crippen LogP contribution in [0.25, 0.3) is 0 Å². The molecule has 0 radical (unpaired) electrons. The van der Waals surface area contributed by atoms with Gasteiger partial charge in [-0.1, -0.05) is 18.2 Å². The largest absolute Gasteiger partial charge is 0.383 e. The smallest absolute Gasteiger partial charge is 0.260 e. The van der Waals surface area contributed by atoms with Gasteiger partial charge in [0.05, 0.1) is 13.2 Å². The van der Waals surface area contributed by atoms with Crippen LogP contribution in [0.1, 0.15) is 10.4 Å². The van der Waals surface area contributed by atoms with Crippen LogP contribution in [0.3, 0.4) is 0 Å². The SMILES string of the molecule is COCCN(C=O)C(=O)c1ccccc1. The van der Waals surface area contributed by atoms with Crippen molar-refractivity contribution in [2.24, 2.45) is 0 Å². The zero-order valence-electron chi connectivity index (χ0n) is 8.55. The number of carbonyl (C=O) groups excluding carboxylic acids is 2. The molecule has 0 atom stereocenters. The van der Waals surface area contributed by atoms with Crippen molar-refractivity contribution >= 4 is 12.3 Å². The van der Waals surface area contributed by atoms with Crippen LogP contribution in [0.15, 0.2) is 30.3 Å². The highest BCUT2D eigenvalue weighted by Gasteiger charge is 2.13. The van der Waals surface area contributed by atoms with Gasteiger partial charge in [-0.25, -0.2) is 0 Å². The van der Waals surface area contributed by atoms with Gasteiger partial charge in [0.2, 0.25) is 6.41 Å². The molecule has 0 bridgehead atoms. The Hall–Kier alpha value is -1.68. The lowest BCUT2D eigenvalue weighted by Gasteiger charge is -2.14. The summed E-state index contributed by atoms with van der Waals surface area (Å²) in [5, 5.41) is 0. The number of imide groups is 1.